The van der Waals surface area contributed by atoms with Crippen molar-refractivity contribution in [1.29, 1.82) is 0 Å². The predicted molar refractivity (Wildman–Crippen MR) is 41.5 cm³/mol. The minimum absolute atomic E-state index is 0. The molecule has 4 heteroatoms. The zero-order valence-corrected chi connectivity index (χ0v) is 5.80. The fourth-order valence-corrected chi connectivity index (χ4v) is 0.429. The van der Waals surface area contributed by atoms with Crippen LogP contribution in [0.15, 0.2) is 0 Å². The van der Waals surface area contributed by atoms with Crippen LogP contribution >= 0.6 is 0 Å². The van der Waals surface area contributed by atoms with Crippen molar-refractivity contribution in [2.75, 3.05) is 33.0 Å². The van der Waals surface area contributed by atoms with Crippen molar-refractivity contribution in [3.63, 3.8) is 0 Å². The van der Waals surface area contributed by atoms with Gasteiger partial charge in [-0.3, -0.25) is 0 Å². The second kappa shape index (κ2) is 13.1. The van der Waals surface area contributed by atoms with Crippen molar-refractivity contribution in [2.45, 2.75) is 6.92 Å². The van der Waals surface area contributed by atoms with Gasteiger partial charge in [-0.15, -0.1) is 0 Å². The molecule has 58 valence electrons. The standard InChI is InChI=1S/C6H14O3.K.H/c1-2-8-5-6-9-4-3-7;;/h7H,2-6H2,1H3;;. The SMILES string of the molecule is CCOCCOCCO.[KH]. The van der Waals surface area contributed by atoms with Gasteiger partial charge in [-0.2, -0.15) is 0 Å². The molecule has 0 bridgehead atoms. The van der Waals surface area contributed by atoms with E-state index in [0.717, 1.165) is 6.61 Å². The van der Waals surface area contributed by atoms with Crippen LogP contribution in [0.1, 0.15) is 6.92 Å². The number of hydrogen-bond donors (Lipinski definition) is 1. The second-order valence-corrected chi connectivity index (χ2v) is 1.53. The van der Waals surface area contributed by atoms with E-state index >= 15 is 0 Å². The Bertz CT molecular complexity index is 46.3. The molecule has 0 heterocycles. The van der Waals surface area contributed by atoms with Gasteiger partial charge in [0.2, 0.25) is 0 Å². The molecule has 0 unspecified atom stereocenters. The molecule has 3 nitrogen and oxygen atoms in total. The Hall–Kier alpha value is 1.52. The zero-order chi connectivity index (χ0) is 6.95. The first-order valence-corrected chi connectivity index (χ1v) is 3.18. The molecule has 0 aromatic heterocycles. The molecule has 0 aliphatic carbocycles. The number of aliphatic hydroxyl groups is 1. The fourth-order valence-electron chi connectivity index (χ4n) is 0.429. The van der Waals surface area contributed by atoms with Crippen molar-refractivity contribution in [2.24, 2.45) is 0 Å². The molecule has 0 aliphatic rings. The first kappa shape index (κ1) is 14.1. The Morgan fingerprint density at radius 3 is 2.20 bits per heavy atom. The van der Waals surface area contributed by atoms with Crippen molar-refractivity contribution >= 4 is 51.4 Å². The van der Waals surface area contributed by atoms with Gasteiger partial charge in [0.25, 0.3) is 0 Å². The number of ether oxygens (including phenoxy) is 2. The summed E-state index contributed by atoms with van der Waals surface area (Å²) in [6.07, 6.45) is 0. The molecular weight excluding hydrogens is 159 g/mol. The summed E-state index contributed by atoms with van der Waals surface area (Å²) in [4.78, 5) is 0. The van der Waals surface area contributed by atoms with E-state index in [1.165, 1.54) is 0 Å². The maximum absolute atomic E-state index is 8.26. The van der Waals surface area contributed by atoms with Gasteiger partial charge < -0.3 is 14.6 Å². The van der Waals surface area contributed by atoms with Crippen LogP contribution in [0.4, 0.5) is 0 Å². The van der Waals surface area contributed by atoms with Crippen molar-refractivity contribution < 1.29 is 14.6 Å². The first-order valence-electron chi connectivity index (χ1n) is 3.18. The topological polar surface area (TPSA) is 38.7 Å². The Labute approximate surface area is 105 Å². The Kier molecular flexibility index (Phi) is 18.5. The summed E-state index contributed by atoms with van der Waals surface area (Å²) in [6, 6.07) is 0. The third-order valence-corrected chi connectivity index (χ3v) is 0.812. The third kappa shape index (κ3) is 12.2. The number of aliphatic hydroxyl groups excluding tert-OH is 1. The molecule has 1 N–H and O–H groups in total. The predicted octanol–water partition coefficient (Wildman–Crippen LogP) is -0.617. The molecule has 0 aromatic rings. The molecule has 0 saturated heterocycles. The summed E-state index contributed by atoms with van der Waals surface area (Å²) >= 11 is 0. The van der Waals surface area contributed by atoms with Crippen molar-refractivity contribution in [3.05, 3.63) is 0 Å². The molecular formula is C6H15KO3. The van der Waals surface area contributed by atoms with Gasteiger partial charge in [-0.1, -0.05) is 0 Å². The first-order chi connectivity index (χ1) is 4.41. The van der Waals surface area contributed by atoms with Gasteiger partial charge in [-0.25, -0.2) is 0 Å². The van der Waals surface area contributed by atoms with E-state index in [0.29, 0.717) is 19.8 Å². The van der Waals surface area contributed by atoms with Crippen LogP contribution in [0.3, 0.4) is 0 Å². The van der Waals surface area contributed by atoms with Gasteiger partial charge in [0.15, 0.2) is 0 Å². The fraction of sp³-hybridized carbons (Fsp3) is 1.00. The van der Waals surface area contributed by atoms with E-state index in [-0.39, 0.29) is 58.0 Å². The van der Waals surface area contributed by atoms with E-state index in [2.05, 4.69) is 0 Å². The van der Waals surface area contributed by atoms with Gasteiger partial charge in [-0.05, 0) is 6.92 Å². The second-order valence-electron chi connectivity index (χ2n) is 1.53. The van der Waals surface area contributed by atoms with Crippen molar-refractivity contribution in [1.82, 2.24) is 0 Å². The normalized spacial score (nSPS) is 9.00. The van der Waals surface area contributed by atoms with E-state index in [9.17, 15) is 0 Å². The van der Waals surface area contributed by atoms with Crippen LogP contribution in [0.5, 0.6) is 0 Å². The summed E-state index contributed by atoms with van der Waals surface area (Å²) < 4.78 is 9.88. The van der Waals surface area contributed by atoms with Crippen LogP contribution in [0.25, 0.3) is 0 Å². The zero-order valence-electron chi connectivity index (χ0n) is 5.80. The maximum atomic E-state index is 8.26. The molecule has 0 amide bonds. The minimum atomic E-state index is 0. The summed E-state index contributed by atoms with van der Waals surface area (Å²) in [7, 11) is 0. The van der Waals surface area contributed by atoms with Crippen LogP contribution in [-0.2, 0) is 9.47 Å². The molecule has 0 saturated carbocycles. The summed E-state index contributed by atoms with van der Waals surface area (Å²) in [5.74, 6) is 0. The summed E-state index contributed by atoms with van der Waals surface area (Å²) in [5.41, 5.74) is 0. The molecule has 0 radical (unpaired) electrons. The van der Waals surface area contributed by atoms with Crippen LogP contribution in [-0.4, -0.2) is 89.5 Å². The Morgan fingerprint density at radius 2 is 1.70 bits per heavy atom. The van der Waals surface area contributed by atoms with Gasteiger partial charge in [0.1, 0.15) is 0 Å². The van der Waals surface area contributed by atoms with E-state index in [1.54, 1.807) is 0 Å². The molecule has 0 spiro atoms. The molecule has 0 aromatic carbocycles. The molecule has 0 fully saturated rings. The van der Waals surface area contributed by atoms with E-state index in [4.69, 9.17) is 14.6 Å². The summed E-state index contributed by atoms with van der Waals surface area (Å²) in [6.45, 7) is 4.36. The summed E-state index contributed by atoms with van der Waals surface area (Å²) in [5, 5.41) is 8.26. The van der Waals surface area contributed by atoms with Gasteiger partial charge >= 0.3 is 51.4 Å². The van der Waals surface area contributed by atoms with Crippen LogP contribution < -0.4 is 0 Å². The quantitative estimate of drug-likeness (QED) is 0.431. The van der Waals surface area contributed by atoms with Gasteiger partial charge in [0, 0.05) is 6.61 Å². The Balaban J connectivity index is 0. The van der Waals surface area contributed by atoms with E-state index in [1.807, 2.05) is 6.92 Å². The van der Waals surface area contributed by atoms with Crippen LogP contribution in [0.2, 0.25) is 0 Å². The third-order valence-electron chi connectivity index (χ3n) is 0.812. The number of hydrogen-bond acceptors (Lipinski definition) is 3. The van der Waals surface area contributed by atoms with Crippen molar-refractivity contribution in [3.8, 4) is 0 Å². The van der Waals surface area contributed by atoms with Crippen LogP contribution in [0, 0.1) is 0 Å². The molecule has 0 rings (SSSR count). The molecule has 0 atom stereocenters. The Morgan fingerprint density at radius 1 is 1.10 bits per heavy atom. The van der Waals surface area contributed by atoms with E-state index < -0.39 is 0 Å². The molecule has 0 aliphatic heterocycles. The average Bonchev–Trinajstić information content (AvgIpc) is 1.89. The monoisotopic (exact) mass is 174 g/mol. The van der Waals surface area contributed by atoms with Gasteiger partial charge in [0.05, 0.1) is 26.4 Å². The molecule has 10 heavy (non-hydrogen) atoms. The number of rotatable bonds is 6. The average molecular weight is 174 g/mol.